The van der Waals surface area contributed by atoms with E-state index < -0.39 is 5.60 Å². The number of amides is 2. The van der Waals surface area contributed by atoms with Crippen LogP contribution in [0, 0.1) is 11.8 Å². The lowest BCUT2D eigenvalue weighted by molar-refractivity contribution is -0.146. The lowest BCUT2D eigenvalue weighted by Gasteiger charge is -2.41. The Balaban J connectivity index is 1.61. The standard InChI is InChI=1S/C17H26N2O5/c1-17(2,3)24-16(22)18-8-10-5-6-11(9-18)19(10)14(20)12-7-13(12)15(21)23-4/h10-13H,5-9H2,1-4H3/t10?,11?,12-,13-/m1/s1. The van der Waals surface area contributed by atoms with Crippen LogP contribution < -0.4 is 0 Å². The molecule has 2 heterocycles. The Hall–Kier alpha value is -1.79. The molecule has 7 nitrogen and oxygen atoms in total. The van der Waals surface area contributed by atoms with Crippen LogP contribution in [0.5, 0.6) is 0 Å². The van der Waals surface area contributed by atoms with Gasteiger partial charge in [0.15, 0.2) is 0 Å². The summed E-state index contributed by atoms with van der Waals surface area (Å²) < 4.78 is 10.2. The molecular formula is C17H26N2O5. The van der Waals surface area contributed by atoms with E-state index in [0.717, 1.165) is 12.8 Å². The molecule has 0 aromatic heterocycles. The van der Waals surface area contributed by atoms with Gasteiger partial charge in [0, 0.05) is 25.2 Å². The predicted molar refractivity (Wildman–Crippen MR) is 85.1 cm³/mol. The first kappa shape index (κ1) is 17.0. The molecule has 3 fully saturated rings. The van der Waals surface area contributed by atoms with Gasteiger partial charge in [-0.2, -0.15) is 0 Å². The van der Waals surface area contributed by atoms with Crippen LogP contribution in [0.1, 0.15) is 40.0 Å². The zero-order valence-corrected chi connectivity index (χ0v) is 14.8. The summed E-state index contributed by atoms with van der Waals surface area (Å²) in [7, 11) is 1.35. The number of rotatable bonds is 2. The minimum absolute atomic E-state index is 0.0302. The van der Waals surface area contributed by atoms with Gasteiger partial charge in [0.1, 0.15) is 5.60 Å². The molecule has 3 rings (SSSR count). The molecule has 0 N–H and O–H groups in total. The van der Waals surface area contributed by atoms with Crippen molar-refractivity contribution in [1.82, 2.24) is 9.80 Å². The molecule has 2 unspecified atom stereocenters. The maximum atomic E-state index is 12.7. The molecule has 4 atom stereocenters. The number of hydrogen-bond donors (Lipinski definition) is 0. The van der Waals surface area contributed by atoms with E-state index in [9.17, 15) is 14.4 Å². The van der Waals surface area contributed by atoms with E-state index in [1.807, 2.05) is 25.7 Å². The Kier molecular flexibility index (Phi) is 4.21. The summed E-state index contributed by atoms with van der Waals surface area (Å²) in [4.78, 5) is 40.2. The van der Waals surface area contributed by atoms with Crippen LogP contribution in [0.3, 0.4) is 0 Å². The Bertz CT molecular complexity index is 542. The Morgan fingerprint density at radius 3 is 2.08 bits per heavy atom. The fraction of sp³-hybridized carbons (Fsp3) is 0.824. The van der Waals surface area contributed by atoms with E-state index in [-0.39, 0.29) is 41.9 Å². The number of hydrogen-bond acceptors (Lipinski definition) is 5. The van der Waals surface area contributed by atoms with Crippen molar-refractivity contribution in [2.24, 2.45) is 11.8 Å². The topological polar surface area (TPSA) is 76.2 Å². The van der Waals surface area contributed by atoms with E-state index >= 15 is 0 Å². The first-order valence-corrected chi connectivity index (χ1v) is 8.59. The first-order valence-electron chi connectivity index (χ1n) is 8.59. The third-order valence-corrected chi connectivity index (χ3v) is 5.00. The highest BCUT2D eigenvalue weighted by atomic mass is 16.6. The maximum Gasteiger partial charge on any atom is 0.410 e. The molecule has 3 aliphatic rings. The summed E-state index contributed by atoms with van der Waals surface area (Å²) in [5.74, 6) is -0.783. The fourth-order valence-corrected chi connectivity index (χ4v) is 3.81. The molecule has 24 heavy (non-hydrogen) atoms. The third-order valence-electron chi connectivity index (χ3n) is 5.00. The zero-order chi connectivity index (χ0) is 17.6. The average Bonchev–Trinajstić information content (AvgIpc) is 3.24. The zero-order valence-electron chi connectivity index (χ0n) is 14.8. The van der Waals surface area contributed by atoms with Crippen LogP contribution in [0.15, 0.2) is 0 Å². The molecule has 0 aromatic rings. The fourth-order valence-electron chi connectivity index (χ4n) is 3.81. The molecule has 134 valence electrons. The molecule has 1 saturated carbocycles. The van der Waals surface area contributed by atoms with Gasteiger partial charge >= 0.3 is 12.1 Å². The summed E-state index contributed by atoms with van der Waals surface area (Å²) in [5.41, 5.74) is -0.523. The number of likely N-dealkylation sites (tertiary alicyclic amines) is 1. The highest BCUT2D eigenvalue weighted by molar-refractivity contribution is 5.90. The minimum Gasteiger partial charge on any atom is -0.469 e. The Morgan fingerprint density at radius 1 is 1.00 bits per heavy atom. The van der Waals surface area contributed by atoms with Gasteiger partial charge in [0.25, 0.3) is 0 Å². The number of fused-ring (bicyclic) bond motifs is 2. The molecule has 7 heteroatoms. The second-order valence-corrected chi connectivity index (χ2v) is 7.99. The Morgan fingerprint density at radius 2 is 1.58 bits per heavy atom. The van der Waals surface area contributed by atoms with Gasteiger partial charge < -0.3 is 19.3 Å². The van der Waals surface area contributed by atoms with Crippen molar-refractivity contribution in [2.45, 2.75) is 57.7 Å². The van der Waals surface area contributed by atoms with Crippen LogP contribution in [-0.4, -0.2) is 65.7 Å². The third kappa shape index (κ3) is 3.21. The first-order chi connectivity index (χ1) is 11.2. The molecule has 0 radical (unpaired) electrons. The predicted octanol–water partition coefficient (Wildman–Crippen LogP) is 1.41. The van der Waals surface area contributed by atoms with E-state index in [4.69, 9.17) is 9.47 Å². The van der Waals surface area contributed by atoms with E-state index in [2.05, 4.69) is 0 Å². The number of methoxy groups -OCH3 is 1. The Labute approximate surface area is 142 Å². The monoisotopic (exact) mass is 338 g/mol. The maximum absolute atomic E-state index is 12.7. The van der Waals surface area contributed by atoms with Crippen molar-refractivity contribution in [2.75, 3.05) is 20.2 Å². The number of carbonyl (C=O) groups is 3. The van der Waals surface area contributed by atoms with Crippen molar-refractivity contribution in [3.8, 4) is 0 Å². The smallest absolute Gasteiger partial charge is 0.410 e. The molecule has 2 amide bonds. The molecule has 2 bridgehead atoms. The molecule has 2 saturated heterocycles. The molecule has 2 aliphatic heterocycles. The van der Waals surface area contributed by atoms with Gasteiger partial charge in [-0.25, -0.2) is 4.79 Å². The highest BCUT2D eigenvalue weighted by Gasteiger charge is 2.54. The van der Waals surface area contributed by atoms with Gasteiger partial charge in [-0.1, -0.05) is 0 Å². The SMILES string of the molecule is COC(=O)[C@@H]1C[C@H]1C(=O)N1C2CCC1CN(C(=O)OC(C)(C)C)C2. The molecule has 0 spiro atoms. The van der Waals surface area contributed by atoms with Gasteiger partial charge in [-0.05, 0) is 40.0 Å². The average molecular weight is 338 g/mol. The summed E-state index contributed by atoms with van der Waals surface area (Å²) in [6.45, 7) is 6.55. The van der Waals surface area contributed by atoms with Crippen molar-refractivity contribution in [3.05, 3.63) is 0 Å². The van der Waals surface area contributed by atoms with Gasteiger partial charge in [0.2, 0.25) is 5.91 Å². The number of esters is 1. The number of carbonyl (C=O) groups excluding carboxylic acids is 3. The summed E-state index contributed by atoms with van der Waals surface area (Å²) in [6, 6.07) is 0.0605. The van der Waals surface area contributed by atoms with Crippen molar-refractivity contribution in [1.29, 1.82) is 0 Å². The van der Waals surface area contributed by atoms with Gasteiger partial charge in [0.05, 0.1) is 18.9 Å². The lowest BCUT2D eigenvalue weighted by Crippen LogP contribution is -2.58. The molecular weight excluding hydrogens is 312 g/mol. The van der Waals surface area contributed by atoms with Gasteiger partial charge in [-0.3, -0.25) is 9.59 Å². The normalized spacial score (nSPS) is 31.7. The van der Waals surface area contributed by atoms with Crippen LogP contribution in [0.2, 0.25) is 0 Å². The number of piperazine rings is 1. The number of ether oxygens (including phenoxy) is 2. The number of nitrogens with zero attached hydrogens (tertiary/aromatic N) is 2. The summed E-state index contributed by atoms with van der Waals surface area (Å²) in [6.07, 6.45) is 2.05. The van der Waals surface area contributed by atoms with E-state index in [1.165, 1.54) is 7.11 Å². The van der Waals surface area contributed by atoms with Crippen LogP contribution >= 0.6 is 0 Å². The van der Waals surface area contributed by atoms with Gasteiger partial charge in [-0.15, -0.1) is 0 Å². The van der Waals surface area contributed by atoms with Crippen molar-refractivity contribution >= 4 is 18.0 Å². The highest BCUT2D eigenvalue weighted by Crippen LogP contribution is 2.44. The quantitative estimate of drug-likeness (QED) is 0.712. The minimum atomic E-state index is -0.523. The van der Waals surface area contributed by atoms with Crippen molar-refractivity contribution in [3.63, 3.8) is 0 Å². The largest absolute Gasteiger partial charge is 0.469 e. The summed E-state index contributed by atoms with van der Waals surface area (Å²) in [5, 5.41) is 0. The molecule has 1 aliphatic carbocycles. The van der Waals surface area contributed by atoms with Crippen LogP contribution in [-0.2, 0) is 19.1 Å². The summed E-state index contributed by atoms with van der Waals surface area (Å²) >= 11 is 0. The second kappa shape index (κ2) is 5.93. The van der Waals surface area contributed by atoms with E-state index in [1.54, 1.807) is 4.90 Å². The lowest BCUT2D eigenvalue weighted by atomic mass is 10.1. The van der Waals surface area contributed by atoms with Crippen LogP contribution in [0.4, 0.5) is 4.79 Å². The van der Waals surface area contributed by atoms with E-state index in [0.29, 0.717) is 19.5 Å². The van der Waals surface area contributed by atoms with Crippen LogP contribution in [0.25, 0.3) is 0 Å². The molecule has 0 aromatic carbocycles. The van der Waals surface area contributed by atoms with Crippen molar-refractivity contribution < 1.29 is 23.9 Å². The second-order valence-electron chi connectivity index (χ2n) is 7.99.